The summed E-state index contributed by atoms with van der Waals surface area (Å²) in [5.41, 5.74) is 6.27. The lowest BCUT2D eigenvalue weighted by Crippen LogP contribution is -2.09. The van der Waals surface area contributed by atoms with Crippen LogP contribution in [0.1, 0.15) is 15.9 Å². The maximum absolute atomic E-state index is 13.5. The van der Waals surface area contributed by atoms with Crippen molar-refractivity contribution in [1.82, 2.24) is 0 Å². The lowest BCUT2D eigenvalue weighted by Gasteiger charge is -2.09. The molecule has 0 saturated heterocycles. The molecule has 0 unspecified atom stereocenters. The molecule has 2 aromatic carbocycles. The van der Waals surface area contributed by atoms with Gasteiger partial charge in [0.1, 0.15) is 12.4 Å². The van der Waals surface area contributed by atoms with E-state index in [1.54, 1.807) is 24.3 Å². The van der Waals surface area contributed by atoms with Crippen molar-refractivity contribution >= 4 is 39.2 Å². The molecule has 6 heteroatoms. The Morgan fingerprint density at radius 3 is 2.85 bits per heavy atom. The van der Waals surface area contributed by atoms with Crippen molar-refractivity contribution in [3.05, 3.63) is 62.8 Å². The zero-order chi connectivity index (χ0) is 14.7. The van der Waals surface area contributed by atoms with Crippen molar-refractivity contribution in [3.8, 4) is 0 Å². The van der Waals surface area contributed by atoms with Crippen LogP contribution in [0.2, 0.25) is 5.02 Å². The van der Waals surface area contributed by atoms with Crippen LogP contribution in [0, 0.1) is 5.82 Å². The summed E-state index contributed by atoms with van der Waals surface area (Å²) in [6.07, 6.45) is 0. The molecule has 0 fully saturated rings. The molecule has 0 aliphatic carbocycles. The number of hydrogen-bond acceptors (Lipinski definition) is 3. The summed E-state index contributed by atoms with van der Waals surface area (Å²) in [5, 5.41) is 0.271. The fraction of sp³-hybridized carbons (Fsp3) is 0.0714. The van der Waals surface area contributed by atoms with Crippen LogP contribution in [-0.2, 0) is 11.3 Å². The summed E-state index contributed by atoms with van der Waals surface area (Å²) in [6, 6.07) is 9.07. The Balaban J connectivity index is 2.13. The number of para-hydroxylation sites is 1. The molecular weight excluding hydrogens is 349 g/mol. The highest BCUT2D eigenvalue weighted by atomic mass is 79.9. The van der Waals surface area contributed by atoms with Crippen LogP contribution >= 0.6 is 27.5 Å². The van der Waals surface area contributed by atoms with E-state index in [-0.39, 0.29) is 28.4 Å². The Hall–Kier alpha value is -1.59. The van der Waals surface area contributed by atoms with E-state index in [2.05, 4.69) is 15.9 Å². The van der Waals surface area contributed by atoms with E-state index < -0.39 is 11.8 Å². The minimum atomic E-state index is -0.649. The molecule has 2 N–H and O–H groups in total. The van der Waals surface area contributed by atoms with Crippen molar-refractivity contribution in [3.63, 3.8) is 0 Å². The third-order valence-corrected chi connectivity index (χ3v) is 3.46. The highest BCUT2D eigenvalue weighted by Gasteiger charge is 2.14. The fourth-order valence-electron chi connectivity index (χ4n) is 1.59. The molecule has 0 bridgehead atoms. The molecule has 0 amide bonds. The van der Waals surface area contributed by atoms with E-state index in [0.717, 1.165) is 0 Å². The second-order valence-corrected chi connectivity index (χ2v) is 5.34. The topological polar surface area (TPSA) is 52.3 Å². The van der Waals surface area contributed by atoms with Gasteiger partial charge in [-0.05, 0) is 30.3 Å². The highest BCUT2D eigenvalue weighted by Crippen LogP contribution is 2.23. The zero-order valence-corrected chi connectivity index (χ0v) is 12.5. The predicted octanol–water partition coefficient (Wildman–Crippen LogP) is 4.18. The molecule has 2 aromatic rings. The summed E-state index contributed by atoms with van der Waals surface area (Å²) in [6.45, 7) is -0.184. The lowest BCUT2D eigenvalue weighted by molar-refractivity contribution is 0.0470. The summed E-state index contributed by atoms with van der Waals surface area (Å²) in [5.74, 6) is -1.09. The van der Waals surface area contributed by atoms with E-state index in [9.17, 15) is 9.18 Å². The number of nitrogen functional groups attached to an aromatic ring is 1. The molecule has 0 atom stereocenters. The van der Waals surface area contributed by atoms with Crippen molar-refractivity contribution in [2.45, 2.75) is 6.61 Å². The van der Waals surface area contributed by atoms with Crippen LogP contribution in [0.15, 0.2) is 40.9 Å². The number of anilines is 1. The second-order valence-electron chi connectivity index (χ2n) is 4.01. The maximum atomic E-state index is 13.5. The SMILES string of the molecule is Nc1c(Cl)cccc1C(=O)OCc1cc(Br)ccc1F. The quantitative estimate of drug-likeness (QED) is 0.661. The van der Waals surface area contributed by atoms with Crippen LogP contribution in [-0.4, -0.2) is 5.97 Å². The lowest BCUT2D eigenvalue weighted by atomic mass is 10.2. The molecule has 0 spiro atoms. The Labute approximate surface area is 128 Å². The molecule has 0 aliphatic heterocycles. The average Bonchev–Trinajstić information content (AvgIpc) is 2.42. The van der Waals surface area contributed by atoms with Gasteiger partial charge in [0.25, 0.3) is 0 Å². The maximum Gasteiger partial charge on any atom is 0.340 e. The fourth-order valence-corrected chi connectivity index (χ4v) is 2.17. The van der Waals surface area contributed by atoms with Gasteiger partial charge in [-0.15, -0.1) is 0 Å². The number of rotatable bonds is 3. The van der Waals surface area contributed by atoms with Crippen molar-refractivity contribution in [2.24, 2.45) is 0 Å². The van der Waals surface area contributed by atoms with Gasteiger partial charge in [-0.1, -0.05) is 33.6 Å². The molecule has 0 aromatic heterocycles. The number of hydrogen-bond donors (Lipinski definition) is 1. The first-order valence-corrected chi connectivity index (χ1v) is 6.81. The first-order valence-electron chi connectivity index (χ1n) is 5.64. The Morgan fingerprint density at radius 1 is 1.35 bits per heavy atom. The first-order chi connectivity index (χ1) is 9.49. The summed E-state index contributed by atoms with van der Waals surface area (Å²) >= 11 is 9.05. The van der Waals surface area contributed by atoms with E-state index in [0.29, 0.717) is 4.47 Å². The molecule has 0 saturated carbocycles. The van der Waals surface area contributed by atoms with Gasteiger partial charge in [0.2, 0.25) is 0 Å². The number of halogens is 3. The number of ether oxygens (including phenoxy) is 1. The van der Waals surface area contributed by atoms with Gasteiger partial charge in [0.15, 0.2) is 0 Å². The minimum Gasteiger partial charge on any atom is -0.457 e. The van der Waals surface area contributed by atoms with E-state index in [4.69, 9.17) is 22.1 Å². The standard InChI is InChI=1S/C14H10BrClFNO2/c15-9-4-5-12(17)8(6-9)7-20-14(19)10-2-1-3-11(16)13(10)18/h1-6H,7,18H2. The Bertz CT molecular complexity index is 664. The first kappa shape index (κ1) is 14.8. The average molecular weight is 359 g/mol. The van der Waals surface area contributed by atoms with E-state index in [1.165, 1.54) is 12.1 Å². The molecule has 0 aliphatic rings. The third kappa shape index (κ3) is 3.29. The number of benzene rings is 2. The number of nitrogens with two attached hydrogens (primary N) is 1. The minimum absolute atomic E-state index is 0.147. The van der Waals surface area contributed by atoms with Crippen LogP contribution in [0.4, 0.5) is 10.1 Å². The summed E-state index contributed by atoms with van der Waals surface area (Å²) < 4.78 is 19.3. The van der Waals surface area contributed by atoms with Gasteiger partial charge in [-0.25, -0.2) is 9.18 Å². The highest BCUT2D eigenvalue weighted by molar-refractivity contribution is 9.10. The molecule has 104 valence electrons. The van der Waals surface area contributed by atoms with Crippen LogP contribution < -0.4 is 5.73 Å². The summed E-state index contributed by atoms with van der Waals surface area (Å²) in [7, 11) is 0. The van der Waals surface area contributed by atoms with Crippen LogP contribution in [0.25, 0.3) is 0 Å². The van der Waals surface area contributed by atoms with Gasteiger partial charge < -0.3 is 10.5 Å². The molecule has 0 heterocycles. The predicted molar refractivity (Wildman–Crippen MR) is 79.1 cm³/mol. The van der Waals surface area contributed by atoms with Crippen molar-refractivity contribution in [1.29, 1.82) is 0 Å². The third-order valence-electron chi connectivity index (χ3n) is 2.64. The molecule has 0 radical (unpaired) electrons. The smallest absolute Gasteiger partial charge is 0.340 e. The number of carbonyl (C=O) groups is 1. The second kappa shape index (κ2) is 6.24. The van der Waals surface area contributed by atoms with Crippen LogP contribution in [0.3, 0.4) is 0 Å². The molecular formula is C14H10BrClFNO2. The van der Waals surface area contributed by atoms with Gasteiger partial charge in [-0.3, -0.25) is 0 Å². The summed E-state index contributed by atoms with van der Waals surface area (Å²) in [4.78, 5) is 11.9. The normalized spacial score (nSPS) is 10.3. The molecule has 3 nitrogen and oxygen atoms in total. The Kier molecular flexibility index (Phi) is 4.62. The number of esters is 1. The monoisotopic (exact) mass is 357 g/mol. The molecule has 2 rings (SSSR count). The van der Waals surface area contributed by atoms with Crippen molar-refractivity contribution in [2.75, 3.05) is 5.73 Å². The van der Waals surface area contributed by atoms with Crippen molar-refractivity contribution < 1.29 is 13.9 Å². The van der Waals surface area contributed by atoms with Gasteiger partial charge in [0.05, 0.1) is 16.3 Å². The van der Waals surface area contributed by atoms with Gasteiger partial charge in [0, 0.05) is 10.0 Å². The zero-order valence-electron chi connectivity index (χ0n) is 10.2. The van der Waals surface area contributed by atoms with E-state index in [1.807, 2.05) is 0 Å². The van der Waals surface area contributed by atoms with Gasteiger partial charge >= 0.3 is 5.97 Å². The molecule has 20 heavy (non-hydrogen) atoms. The van der Waals surface area contributed by atoms with Gasteiger partial charge in [-0.2, -0.15) is 0 Å². The largest absolute Gasteiger partial charge is 0.457 e. The number of carbonyl (C=O) groups excluding carboxylic acids is 1. The van der Waals surface area contributed by atoms with Crippen LogP contribution in [0.5, 0.6) is 0 Å². The Morgan fingerprint density at radius 2 is 2.10 bits per heavy atom. The van der Waals surface area contributed by atoms with E-state index >= 15 is 0 Å².